The summed E-state index contributed by atoms with van der Waals surface area (Å²) in [5.41, 5.74) is 20.4. The number of allylic oxidation sites excluding steroid dienone is 4. The number of nitrogens with zero attached hydrogens (tertiary/aromatic N) is 1. The summed E-state index contributed by atoms with van der Waals surface area (Å²) in [6, 6.07) is 68.2. The molecule has 8 aromatic carbocycles. The molecule has 0 radical (unpaired) electrons. The molecule has 0 bridgehead atoms. The smallest absolute Gasteiger partial charge is 0.137 e. The highest BCUT2D eigenvalue weighted by molar-refractivity contribution is 6.06. The summed E-state index contributed by atoms with van der Waals surface area (Å²) in [4.78, 5) is 2.39. The molecular formula is C57H43NO. The average molecular weight is 758 g/mol. The lowest BCUT2D eigenvalue weighted by atomic mass is 9.78. The minimum atomic E-state index is 0.0269. The van der Waals surface area contributed by atoms with Crippen LogP contribution in [0.25, 0.3) is 72.0 Å². The molecule has 2 aliphatic rings. The largest absolute Gasteiger partial charge is 0.456 e. The first-order valence-corrected chi connectivity index (χ1v) is 20.7. The van der Waals surface area contributed by atoms with Gasteiger partial charge in [-0.3, -0.25) is 0 Å². The van der Waals surface area contributed by atoms with Crippen LogP contribution in [-0.4, -0.2) is 0 Å². The molecule has 0 amide bonds. The predicted octanol–water partition coefficient (Wildman–Crippen LogP) is 16.1. The van der Waals surface area contributed by atoms with E-state index in [2.05, 4.69) is 207 Å². The van der Waals surface area contributed by atoms with Crippen LogP contribution >= 0.6 is 0 Å². The van der Waals surface area contributed by atoms with Crippen molar-refractivity contribution >= 4 is 44.6 Å². The molecule has 1 aromatic heterocycles. The molecular weight excluding hydrogens is 715 g/mol. The zero-order valence-electron chi connectivity index (χ0n) is 33.3. The van der Waals surface area contributed by atoms with Crippen LogP contribution in [0.15, 0.2) is 210 Å². The van der Waals surface area contributed by atoms with E-state index in [1.807, 2.05) is 12.1 Å². The van der Waals surface area contributed by atoms with E-state index in [0.29, 0.717) is 0 Å². The van der Waals surface area contributed by atoms with Crippen molar-refractivity contribution in [1.82, 2.24) is 0 Å². The van der Waals surface area contributed by atoms with Crippen LogP contribution in [0, 0.1) is 0 Å². The van der Waals surface area contributed by atoms with Crippen molar-refractivity contribution in [2.75, 3.05) is 4.90 Å². The predicted molar refractivity (Wildman–Crippen MR) is 248 cm³/mol. The number of fused-ring (bicyclic) bond motifs is 5. The Hall–Kier alpha value is -7.16. The Morgan fingerprint density at radius 2 is 1.07 bits per heavy atom. The van der Waals surface area contributed by atoms with Crippen molar-refractivity contribution in [3.8, 4) is 44.5 Å². The van der Waals surface area contributed by atoms with Gasteiger partial charge in [0.15, 0.2) is 0 Å². The summed E-state index contributed by atoms with van der Waals surface area (Å²) >= 11 is 0. The molecule has 0 aliphatic heterocycles. The molecule has 59 heavy (non-hydrogen) atoms. The summed E-state index contributed by atoms with van der Waals surface area (Å²) in [5, 5.41) is 2.24. The number of hydrogen-bond donors (Lipinski definition) is 0. The summed E-state index contributed by atoms with van der Waals surface area (Å²) in [6.45, 7) is 4.79. The van der Waals surface area contributed by atoms with Gasteiger partial charge in [0.05, 0.1) is 5.69 Å². The van der Waals surface area contributed by atoms with Gasteiger partial charge in [-0.05, 0) is 111 Å². The van der Waals surface area contributed by atoms with E-state index in [1.54, 1.807) is 5.57 Å². The van der Waals surface area contributed by atoms with Crippen molar-refractivity contribution in [1.29, 1.82) is 0 Å². The molecule has 2 aliphatic carbocycles. The monoisotopic (exact) mass is 757 g/mol. The molecule has 0 spiro atoms. The van der Waals surface area contributed by atoms with E-state index in [-0.39, 0.29) is 5.41 Å². The molecule has 0 atom stereocenters. The van der Waals surface area contributed by atoms with Crippen LogP contribution in [-0.2, 0) is 5.41 Å². The van der Waals surface area contributed by atoms with E-state index < -0.39 is 0 Å². The van der Waals surface area contributed by atoms with Gasteiger partial charge in [-0.1, -0.05) is 171 Å². The number of para-hydroxylation sites is 2. The Morgan fingerprint density at radius 1 is 0.458 bits per heavy atom. The maximum Gasteiger partial charge on any atom is 0.137 e. The zero-order valence-corrected chi connectivity index (χ0v) is 33.3. The third kappa shape index (κ3) is 5.86. The van der Waals surface area contributed by atoms with Gasteiger partial charge in [-0.15, -0.1) is 0 Å². The van der Waals surface area contributed by atoms with E-state index in [4.69, 9.17) is 4.42 Å². The quantitative estimate of drug-likeness (QED) is 0.161. The van der Waals surface area contributed by atoms with E-state index in [9.17, 15) is 0 Å². The fourth-order valence-corrected chi connectivity index (χ4v) is 9.72. The zero-order chi connectivity index (χ0) is 39.5. The first-order chi connectivity index (χ1) is 29.0. The molecule has 0 saturated heterocycles. The Balaban J connectivity index is 1.06. The highest BCUT2D eigenvalue weighted by Crippen LogP contribution is 2.51. The summed E-state index contributed by atoms with van der Waals surface area (Å²) in [7, 11) is 0. The van der Waals surface area contributed by atoms with Crippen LogP contribution in [0.1, 0.15) is 37.8 Å². The first-order valence-electron chi connectivity index (χ1n) is 20.7. The topological polar surface area (TPSA) is 16.4 Å². The number of benzene rings is 8. The van der Waals surface area contributed by atoms with Crippen molar-refractivity contribution in [3.05, 3.63) is 217 Å². The van der Waals surface area contributed by atoms with Gasteiger partial charge < -0.3 is 9.32 Å². The van der Waals surface area contributed by atoms with Gasteiger partial charge in [0.25, 0.3) is 0 Å². The van der Waals surface area contributed by atoms with Gasteiger partial charge in [0.1, 0.15) is 11.2 Å². The lowest BCUT2D eigenvalue weighted by Gasteiger charge is -2.29. The summed E-state index contributed by atoms with van der Waals surface area (Å²) < 4.78 is 6.49. The van der Waals surface area contributed by atoms with Crippen molar-refractivity contribution < 1.29 is 4.42 Å². The molecule has 2 heteroatoms. The van der Waals surface area contributed by atoms with Crippen molar-refractivity contribution in [3.63, 3.8) is 0 Å². The van der Waals surface area contributed by atoms with Gasteiger partial charge in [-0.2, -0.15) is 0 Å². The summed E-state index contributed by atoms with van der Waals surface area (Å²) in [5.74, 6) is 0. The normalized spacial score (nSPS) is 14.1. The molecule has 11 rings (SSSR count). The van der Waals surface area contributed by atoms with Crippen LogP contribution in [0.5, 0.6) is 0 Å². The maximum absolute atomic E-state index is 6.49. The fraction of sp³-hybridized carbons (Fsp3) is 0.0877. The lowest BCUT2D eigenvalue weighted by Crippen LogP contribution is -2.17. The third-order valence-electron chi connectivity index (χ3n) is 12.7. The molecule has 0 N–H and O–H groups in total. The van der Waals surface area contributed by atoms with Gasteiger partial charge in [0.2, 0.25) is 0 Å². The molecule has 0 fully saturated rings. The second-order valence-corrected chi connectivity index (χ2v) is 16.4. The Labute approximate surface area is 346 Å². The van der Waals surface area contributed by atoms with Crippen LogP contribution in [0.3, 0.4) is 0 Å². The van der Waals surface area contributed by atoms with Gasteiger partial charge in [-0.25, -0.2) is 0 Å². The Morgan fingerprint density at radius 3 is 1.86 bits per heavy atom. The van der Waals surface area contributed by atoms with Crippen molar-refractivity contribution in [2.45, 2.75) is 32.1 Å². The van der Waals surface area contributed by atoms with Crippen molar-refractivity contribution in [2.24, 2.45) is 0 Å². The molecule has 9 aromatic rings. The molecule has 1 heterocycles. The maximum atomic E-state index is 6.49. The standard InChI is InChI=1S/C57H43NO/c1-57(2)52-25-13-10-22-47(52)48-34-30-40(36-53(48)57)38-28-31-41(32-29-38)58(42-33-35-51-50-24-12-15-27-55(50)59-56(51)37-42)54-26-14-11-23-49(54)46-21-9-8-20-45(46)44-19-7-6-18-43(44)39-16-4-3-5-17-39/h3-12,14-24,26-37H,13,25H2,1-2H3. The van der Waals surface area contributed by atoms with E-state index >= 15 is 0 Å². The second-order valence-electron chi connectivity index (χ2n) is 16.4. The van der Waals surface area contributed by atoms with Gasteiger partial charge in [0, 0.05) is 39.2 Å². The van der Waals surface area contributed by atoms with Crippen LogP contribution in [0.4, 0.5) is 17.1 Å². The number of hydrogen-bond acceptors (Lipinski definition) is 2. The molecule has 0 unspecified atom stereocenters. The van der Waals surface area contributed by atoms with E-state index in [0.717, 1.165) is 57.4 Å². The first kappa shape index (κ1) is 35.0. The third-order valence-corrected chi connectivity index (χ3v) is 12.7. The number of anilines is 3. The fourth-order valence-electron chi connectivity index (χ4n) is 9.72. The molecule has 2 nitrogen and oxygen atoms in total. The number of furan rings is 1. The minimum Gasteiger partial charge on any atom is -0.456 e. The second kappa shape index (κ2) is 14.0. The lowest BCUT2D eigenvalue weighted by molar-refractivity contribution is 0.607. The van der Waals surface area contributed by atoms with Crippen LogP contribution in [0.2, 0.25) is 0 Å². The Bertz CT molecular complexity index is 3120. The average Bonchev–Trinajstić information content (AvgIpc) is 3.78. The molecule has 282 valence electrons. The highest BCUT2D eigenvalue weighted by Gasteiger charge is 2.37. The van der Waals surface area contributed by atoms with Gasteiger partial charge >= 0.3 is 0 Å². The molecule has 0 saturated carbocycles. The SMILES string of the molecule is CC1(C)C2=C(C=CCC2)c2ccc(-c3ccc(N(c4ccc5c(c4)oc4ccccc45)c4ccccc4-c4ccccc4-c4ccccc4-c4ccccc4)cc3)cc21. The minimum absolute atomic E-state index is 0.0269. The summed E-state index contributed by atoms with van der Waals surface area (Å²) in [6.07, 6.45) is 6.93. The van der Waals surface area contributed by atoms with E-state index in [1.165, 1.54) is 55.6 Å². The van der Waals surface area contributed by atoms with Crippen LogP contribution < -0.4 is 4.90 Å². The highest BCUT2D eigenvalue weighted by atomic mass is 16.3. The Kier molecular flexibility index (Phi) is 8.34. The number of rotatable bonds is 7.